The summed E-state index contributed by atoms with van der Waals surface area (Å²) in [5, 5.41) is 10.5. The minimum absolute atomic E-state index is 0.0528. The average molecular weight is 442 g/mol. The highest BCUT2D eigenvalue weighted by molar-refractivity contribution is 6.16. The van der Waals surface area contributed by atoms with Gasteiger partial charge < -0.3 is 21.2 Å². The fraction of sp³-hybridized carbons (Fsp3) is 0.348. The normalized spacial score (nSPS) is 18.9. The van der Waals surface area contributed by atoms with Gasteiger partial charge in [0.05, 0.1) is 18.0 Å². The number of carbonyl (C=O) groups excluding carboxylic acids is 1. The number of nitrogens with two attached hydrogens (primary N) is 1. The third kappa shape index (κ3) is 3.90. The molecule has 1 aromatic heterocycles. The van der Waals surface area contributed by atoms with Gasteiger partial charge in [-0.2, -0.15) is 0 Å². The molecule has 9 heteroatoms. The average Bonchev–Trinajstić information content (AvgIpc) is 3.48. The van der Waals surface area contributed by atoms with Crippen molar-refractivity contribution in [1.82, 2.24) is 4.57 Å². The number of amides is 1. The van der Waals surface area contributed by atoms with E-state index in [9.17, 15) is 18.4 Å². The van der Waals surface area contributed by atoms with Crippen LogP contribution in [0, 0.1) is 22.5 Å². The number of carbonyl (C=O) groups is 1. The summed E-state index contributed by atoms with van der Waals surface area (Å²) < 4.78 is 34.4. The predicted octanol–water partition coefficient (Wildman–Crippen LogP) is 3.60. The van der Waals surface area contributed by atoms with Gasteiger partial charge >= 0.3 is 0 Å². The zero-order valence-corrected chi connectivity index (χ0v) is 17.8. The van der Waals surface area contributed by atoms with E-state index in [1.54, 1.807) is 13.0 Å². The molecule has 1 amide bonds. The first-order valence-electron chi connectivity index (χ1n) is 10.3. The van der Waals surface area contributed by atoms with E-state index in [1.807, 2.05) is 0 Å². The Hall–Kier alpha value is -3.49. The van der Waals surface area contributed by atoms with Crippen LogP contribution >= 0.6 is 0 Å². The van der Waals surface area contributed by atoms with E-state index < -0.39 is 17.2 Å². The molecule has 7 nitrogen and oxygen atoms in total. The molecule has 1 spiro atoms. The summed E-state index contributed by atoms with van der Waals surface area (Å²) >= 11 is 0. The molecule has 1 aliphatic heterocycles. The lowest BCUT2D eigenvalue weighted by Gasteiger charge is -2.33. The quantitative estimate of drug-likeness (QED) is 0.615. The molecule has 1 saturated carbocycles. The van der Waals surface area contributed by atoms with Gasteiger partial charge in [-0.3, -0.25) is 14.2 Å². The largest absolute Gasteiger partial charge is 0.493 e. The minimum Gasteiger partial charge on any atom is -0.493 e. The molecule has 1 unspecified atom stereocenters. The molecule has 1 fully saturated rings. The monoisotopic (exact) mass is 442 g/mol. The van der Waals surface area contributed by atoms with E-state index in [4.69, 9.17) is 15.9 Å². The maximum Gasteiger partial charge on any atom is 0.257 e. The Balaban J connectivity index is 1.55. The lowest BCUT2D eigenvalue weighted by atomic mass is 9.79. The molecule has 4 N–H and O–H groups in total. The van der Waals surface area contributed by atoms with Crippen LogP contribution in [0.25, 0.3) is 5.70 Å². The van der Waals surface area contributed by atoms with Crippen molar-refractivity contribution in [2.24, 2.45) is 11.1 Å². The summed E-state index contributed by atoms with van der Waals surface area (Å²) in [4.78, 5) is 25.4. The van der Waals surface area contributed by atoms with Crippen LogP contribution in [0.2, 0.25) is 0 Å². The first-order chi connectivity index (χ1) is 15.1. The molecule has 0 saturated heterocycles. The number of ether oxygens (including phenoxy) is 1. The molecular formula is C23H24F2N4O3. The van der Waals surface area contributed by atoms with E-state index in [-0.39, 0.29) is 40.8 Å². The standard InChI is InChI=1S/C23H24F2N4O3/c1-12(26)22(13(2)27)29-6-3-14(7-21(29)31)28-20(30)9-16-15-8-17(24)18(25)10-19(15)32-11-23(16)4-5-23/h3,6-8,10,16,26H,4-5,9,11,27H2,1-2H3,(H,28,30). The first-order valence-corrected chi connectivity index (χ1v) is 10.3. The van der Waals surface area contributed by atoms with Gasteiger partial charge in [0, 0.05) is 53.0 Å². The van der Waals surface area contributed by atoms with Gasteiger partial charge in [-0.15, -0.1) is 0 Å². The lowest BCUT2D eigenvalue weighted by molar-refractivity contribution is -0.117. The second-order valence-corrected chi connectivity index (χ2v) is 8.54. The van der Waals surface area contributed by atoms with Crippen molar-refractivity contribution in [3.05, 3.63) is 63.7 Å². The summed E-state index contributed by atoms with van der Waals surface area (Å²) in [5.41, 5.74) is 6.66. The highest BCUT2D eigenvalue weighted by atomic mass is 19.2. The van der Waals surface area contributed by atoms with Crippen LogP contribution in [0.4, 0.5) is 14.5 Å². The van der Waals surface area contributed by atoms with Gasteiger partial charge in [-0.05, 0) is 38.8 Å². The van der Waals surface area contributed by atoms with Gasteiger partial charge in [0.1, 0.15) is 5.75 Å². The highest BCUT2D eigenvalue weighted by Gasteiger charge is 2.54. The SMILES string of the molecule is CC(=N)C(=C(C)N)n1ccc(NC(=O)CC2c3cc(F)c(F)cc3OCC23CC3)cc1=O. The molecule has 0 bridgehead atoms. The van der Waals surface area contributed by atoms with Crippen LogP contribution in [0.15, 0.2) is 41.0 Å². The number of nitrogens with one attached hydrogen (secondary N) is 2. The second-order valence-electron chi connectivity index (χ2n) is 8.54. The van der Waals surface area contributed by atoms with Crippen molar-refractivity contribution in [2.75, 3.05) is 11.9 Å². The summed E-state index contributed by atoms with van der Waals surface area (Å²) in [6, 6.07) is 4.95. The zero-order chi connectivity index (χ0) is 23.2. The minimum atomic E-state index is -0.986. The number of hydrogen-bond acceptors (Lipinski definition) is 5. The summed E-state index contributed by atoms with van der Waals surface area (Å²) in [6.45, 7) is 3.49. The van der Waals surface area contributed by atoms with Crippen LogP contribution in [0.1, 0.15) is 44.6 Å². The molecule has 0 radical (unpaired) electrons. The molecule has 32 heavy (non-hydrogen) atoms. The summed E-state index contributed by atoms with van der Waals surface area (Å²) in [5.74, 6) is -2.35. The van der Waals surface area contributed by atoms with Gasteiger partial charge in [-0.25, -0.2) is 8.78 Å². The van der Waals surface area contributed by atoms with E-state index in [0.717, 1.165) is 25.0 Å². The van der Waals surface area contributed by atoms with Crippen LogP contribution in [0.3, 0.4) is 0 Å². The Morgan fingerprint density at radius 2 is 1.97 bits per heavy atom. The topological polar surface area (TPSA) is 110 Å². The molecule has 4 rings (SSSR count). The van der Waals surface area contributed by atoms with Gasteiger partial charge in [0.15, 0.2) is 11.6 Å². The molecule has 2 aromatic rings. The van der Waals surface area contributed by atoms with E-state index in [1.165, 1.54) is 23.8 Å². The van der Waals surface area contributed by atoms with Crippen molar-refractivity contribution >= 4 is 23.0 Å². The number of anilines is 1. The van der Waals surface area contributed by atoms with E-state index in [0.29, 0.717) is 23.6 Å². The van der Waals surface area contributed by atoms with Crippen molar-refractivity contribution in [3.63, 3.8) is 0 Å². The molecule has 1 aromatic carbocycles. The number of hydrogen-bond donors (Lipinski definition) is 3. The summed E-state index contributed by atoms with van der Waals surface area (Å²) in [7, 11) is 0. The van der Waals surface area contributed by atoms with Crippen LogP contribution in [-0.2, 0) is 4.79 Å². The summed E-state index contributed by atoms with van der Waals surface area (Å²) in [6.07, 6.45) is 3.19. The Bertz CT molecular complexity index is 1210. The Morgan fingerprint density at radius 3 is 2.56 bits per heavy atom. The maximum absolute atomic E-state index is 13.9. The molecule has 1 aliphatic carbocycles. The number of aromatic nitrogens is 1. The zero-order valence-electron chi connectivity index (χ0n) is 17.8. The Labute approximate surface area is 183 Å². The van der Waals surface area contributed by atoms with Gasteiger partial charge in [0.2, 0.25) is 5.91 Å². The van der Waals surface area contributed by atoms with E-state index >= 15 is 0 Å². The number of benzene rings is 1. The van der Waals surface area contributed by atoms with Crippen molar-refractivity contribution in [2.45, 2.75) is 39.0 Å². The number of nitrogens with zero attached hydrogens (tertiary/aromatic N) is 1. The predicted molar refractivity (Wildman–Crippen MR) is 117 cm³/mol. The van der Waals surface area contributed by atoms with Gasteiger partial charge in [-0.1, -0.05) is 0 Å². The van der Waals surface area contributed by atoms with Crippen LogP contribution < -0.4 is 21.3 Å². The third-order valence-electron chi connectivity index (χ3n) is 6.14. The highest BCUT2D eigenvalue weighted by Crippen LogP contribution is 2.61. The molecule has 168 valence electrons. The smallest absolute Gasteiger partial charge is 0.257 e. The number of halogens is 2. The Kier molecular flexibility index (Phi) is 5.36. The first kappa shape index (κ1) is 21.7. The number of fused-ring (bicyclic) bond motifs is 1. The van der Waals surface area contributed by atoms with E-state index in [2.05, 4.69) is 5.32 Å². The van der Waals surface area contributed by atoms with Crippen LogP contribution in [0.5, 0.6) is 5.75 Å². The second kappa shape index (κ2) is 7.89. The molecule has 2 aliphatic rings. The molecule has 2 heterocycles. The molecular weight excluding hydrogens is 418 g/mol. The van der Waals surface area contributed by atoms with Crippen LogP contribution in [-0.4, -0.2) is 22.8 Å². The number of allylic oxidation sites excluding steroid dienone is 2. The van der Waals surface area contributed by atoms with Crippen molar-refractivity contribution in [1.29, 1.82) is 5.41 Å². The van der Waals surface area contributed by atoms with Crippen molar-refractivity contribution < 1.29 is 18.3 Å². The maximum atomic E-state index is 13.9. The third-order valence-corrected chi connectivity index (χ3v) is 6.14. The van der Waals surface area contributed by atoms with Gasteiger partial charge in [0.25, 0.3) is 5.56 Å². The lowest BCUT2D eigenvalue weighted by Crippen LogP contribution is -2.31. The number of pyridine rings is 1. The molecule has 1 atom stereocenters. The number of rotatable bonds is 5. The van der Waals surface area contributed by atoms with Crippen molar-refractivity contribution in [3.8, 4) is 5.75 Å². The fourth-order valence-electron chi connectivity index (χ4n) is 4.38. The Morgan fingerprint density at radius 1 is 1.28 bits per heavy atom. The fourth-order valence-corrected chi connectivity index (χ4v) is 4.38.